The van der Waals surface area contributed by atoms with E-state index in [4.69, 9.17) is 63.7 Å². The van der Waals surface area contributed by atoms with Gasteiger partial charge in [0.2, 0.25) is 47.3 Å². The maximum Gasteiger partial charge on any atom is 0.328 e. The number of nitrogen functional groups attached to an aromatic ring is 1. The topological polar surface area (TPSA) is 462 Å². The van der Waals surface area contributed by atoms with Crippen molar-refractivity contribution in [3.05, 3.63) is 45.9 Å². The molecule has 0 bridgehead atoms. The van der Waals surface area contributed by atoms with Gasteiger partial charge in [0.25, 0.3) is 0 Å². The number of ether oxygens (including phenoxy) is 11. The number of benzene rings is 1. The predicted octanol–water partition coefficient (Wildman–Crippen LogP) is -0.195. The highest BCUT2D eigenvalue weighted by atomic mass is 16.6. The van der Waals surface area contributed by atoms with E-state index in [-0.39, 0.29) is 171 Å². The molecule has 1 aliphatic heterocycles. The van der Waals surface area contributed by atoms with Gasteiger partial charge in [0.1, 0.15) is 23.7 Å². The highest BCUT2D eigenvalue weighted by Gasteiger charge is 2.34. The van der Waals surface area contributed by atoms with Crippen LogP contribution in [0, 0.1) is 5.92 Å². The van der Waals surface area contributed by atoms with Gasteiger partial charge in [-0.05, 0) is 87.9 Å². The first-order chi connectivity index (χ1) is 52.0. The summed E-state index contributed by atoms with van der Waals surface area (Å²) < 4.78 is 62.4. The van der Waals surface area contributed by atoms with Gasteiger partial charge < -0.3 is 105 Å². The average Bonchev–Trinajstić information content (AvgIpc) is 1.65. The molecule has 2 aromatic heterocycles. The molecule has 13 N–H and O–H groups in total. The lowest BCUT2D eigenvalue weighted by atomic mass is 9.93. The van der Waals surface area contributed by atoms with Gasteiger partial charge in [0, 0.05) is 112 Å². The Labute approximate surface area is 627 Å². The number of carbonyl (C=O) groups excluding carboxylic acids is 8. The lowest BCUT2D eigenvalue weighted by Gasteiger charge is -2.34. The Kier molecular flexibility index (Phi) is 49.3. The van der Waals surface area contributed by atoms with Crippen molar-refractivity contribution in [3.8, 4) is 6.01 Å². The Morgan fingerprint density at radius 3 is 1.58 bits per heavy atom. The second kappa shape index (κ2) is 57.5. The smallest absolute Gasteiger partial charge is 0.328 e. The molecule has 1 fully saturated rings. The van der Waals surface area contributed by atoms with Gasteiger partial charge in [0.05, 0.1) is 119 Å². The summed E-state index contributed by atoms with van der Waals surface area (Å²) >= 11 is 0. The van der Waals surface area contributed by atoms with E-state index in [9.17, 15) is 43.2 Å². The molecule has 36 nitrogen and oxygen atoms in total. The van der Waals surface area contributed by atoms with Crippen molar-refractivity contribution < 1.29 is 95.3 Å². The van der Waals surface area contributed by atoms with Crippen LogP contribution < -0.4 is 64.6 Å². The van der Waals surface area contributed by atoms with Gasteiger partial charge >= 0.3 is 11.7 Å². The molecule has 0 aliphatic carbocycles. The minimum atomic E-state index is -1.28. The van der Waals surface area contributed by atoms with Crippen LogP contribution in [0.2, 0.25) is 0 Å². The molecule has 1 atom stereocenters. The van der Waals surface area contributed by atoms with E-state index in [1.54, 1.807) is 7.11 Å². The van der Waals surface area contributed by atoms with E-state index in [0.717, 1.165) is 62.9 Å². The number of imidazole rings is 1. The van der Waals surface area contributed by atoms with Crippen molar-refractivity contribution >= 4 is 64.2 Å². The number of hydrogen-bond donors (Lipinski definition) is 11. The molecular weight excluding hydrogens is 1400 g/mol. The number of unbranched alkanes of at least 4 members (excludes halogenated alkanes) is 2. The number of aromatic nitrogens is 4. The number of amides is 8. The molecular formula is C71H121N15O21. The Balaban J connectivity index is 1.02. The van der Waals surface area contributed by atoms with Crippen molar-refractivity contribution in [1.82, 2.24) is 67.0 Å². The average molecular weight is 1520 g/mol. The number of nitrogens with two attached hydrogens (primary N) is 2. The number of nitrogens with one attached hydrogen (secondary N) is 9. The van der Waals surface area contributed by atoms with E-state index in [1.807, 2.05) is 12.1 Å². The summed E-state index contributed by atoms with van der Waals surface area (Å²) in [5.41, 5.74) is 7.38. The summed E-state index contributed by atoms with van der Waals surface area (Å²) in [5.74, 6) is 3.35. The highest BCUT2D eigenvalue weighted by molar-refractivity contribution is 5.88. The van der Waals surface area contributed by atoms with E-state index >= 15 is 0 Å². The van der Waals surface area contributed by atoms with Crippen LogP contribution in [0.5, 0.6) is 6.01 Å². The van der Waals surface area contributed by atoms with Gasteiger partial charge in [-0.3, -0.25) is 52.7 Å². The fourth-order valence-corrected chi connectivity index (χ4v) is 10.9. The zero-order valence-electron chi connectivity index (χ0n) is 63.3. The van der Waals surface area contributed by atoms with Crippen LogP contribution in [0.25, 0.3) is 11.2 Å². The van der Waals surface area contributed by atoms with Crippen LogP contribution in [0.1, 0.15) is 121 Å². The molecule has 3 aromatic rings. The summed E-state index contributed by atoms with van der Waals surface area (Å²) in [6, 6.07) is 7.50. The first kappa shape index (κ1) is 91.8. The first-order valence-electron chi connectivity index (χ1n) is 37.2. The molecule has 107 heavy (non-hydrogen) atoms. The minimum absolute atomic E-state index is 0.0152. The molecule has 8 amide bonds. The molecule has 4 rings (SSSR count). The van der Waals surface area contributed by atoms with Crippen molar-refractivity contribution in [1.29, 1.82) is 0 Å². The Morgan fingerprint density at radius 2 is 1.03 bits per heavy atom. The van der Waals surface area contributed by atoms with Crippen LogP contribution in [-0.2, 0) is 104 Å². The van der Waals surface area contributed by atoms with Gasteiger partial charge in [-0.1, -0.05) is 37.6 Å². The third-order valence-electron chi connectivity index (χ3n) is 16.8. The lowest BCUT2D eigenvalue weighted by molar-refractivity contribution is -0.131. The molecule has 3 heterocycles. The van der Waals surface area contributed by atoms with Gasteiger partial charge in [0.15, 0.2) is 11.5 Å². The molecule has 0 unspecified atom stereocenters. The summed E-state index contributed by atoms with van der Waals surface area (Å²) in [7, 11) is 4.64. The van der Waals surface area contributed by atoms with Crippen LogP contribution >= 0.6 is 0 Å². The van der Waals surface area contributed by atoms with Gasteiger partial charge in [-0.2, -0.15) is 9.97 Å². The third-order valence-corrected chi connectivity index (χ3v) is 16.8. The SMILES string of the molecule is CCCCOc1nc(N)c2[nH]c(=O)n(Cc3ccc(CN4CCC(CCNC(=O)[C@H](CCCCNC(=O)CCCC(=O)NCCOCCOCCOCCOCCC(=O)NC(COCCC(=O)NCCCOC)(COCCC(=O)NCCOC)COCCC(=O)NCCOC)NC(=O)CON)CC4)cc3)c2n1. The quantitative estimate of drug-likeness (QED) is 0.0258. The number of fused-ring (bicyclic) bond motifs is 1. The van der Waals surface area contributed by atoms with Crippen LogP contribution in [0.15, 0.2) is 29.1 Å². The summed E-state index contributed by atoms with van der Waals surface area (Å²) in [6.45, 7) is 10.0. The van der Waals surface area contributed by atoms with Gasteiger partial charge in [-0.15, -0.1) is 0 Å². The first-order valence-corrected chi connectivity index (χ1v) is 37.2. The number of methoxy groups -OCH3 is 3. The molecule has 0 spiro atoms. The van der Waals surface area contributed by atoms with Crippen molar-refractivity contribution in [3.63, 3.8) is 0 Å². The number of carbonyl (C=O) groups is 8. The maximum absolute atomic E-state index is 13.5. The predicted molar refractivity (Wildman–Crippen MR) is 394 cm³/mol. The number of hydrogen-bond acceptors (Lipinski definition) is 26. The largest absolute Gasteiger partial charge is 0.463 e. The van der Waals surface area contributed by atoms with Crippen molar-refractivity contribution in [2.24, 2.45) is 11.8 Å². The summed E-state index contributed by atoms with van der Waals surface area (Å²) in [5, 5.41) is 22.6. The summed E-state index contributed by atoms with van der Waals surface area (Å²) in [6.07, 6.45) is 7.38. The van der Waals surface area contributed by atoms with E-state index in [1.165, 1.54) is 18.8 Å². The number of H-pyrrole nitrogens is 1. The summed E-state index contributed by atoms with van der Waals surface area (Å²) in [4.78, 5) is 133. The number of likely N-dealkylation sites (tertiary alicyclic amines) is 1. The van der Waals surface area contributed by atoms with Crippen LogP contribution in [0.4, 0.5) is 5.82 Å². The normalized spacial score (nSPS) is 12.9. The third kappa shape index (κ3) is 42.1. The highest BCUT2D eigenvalue weighted by Crippen LogP contribution is 2.23. The van der Waals surface area contributed by atoms with Crippen LogP contribution in [0.3, 0.4) is 0 Å². The van der Waals surface area contributed by atoms with E-state index in [2.05, 4.69) is 86.3 Å². The zero-order chi connectivity index (χ0) is 77.4. The fourth-order valence-electron chi connectivity index (χ4n) is 10.9. The molecule has 1 aliphatic rings. The van der Waals surface area contributed by atoms with E-state index < -0.39 is 30.0 Å². The van der Waals surface area contributed by atoms with Crippen molar-refractivity contribution in [2.45, 2.75) is 134 Å². The van der Waals surface area contributed by atoms with E-state index in [0.29, 0.717) is 135 Å². The zero-order valence-corrected chi connectivity index (χ0v) is 63.3. The monoisotopic (exact) mass is 1520 g/mol. The second-order valence-corrected chi connectivity index (χ2v) is 25.7. The number of nitrogens with zero attached hydrogens (tertiary/aromatic N) is 4. The maximum atomic E-state index is 13.5. The molecule has 0 radical (unpaired) electrons. The molecule has 0 saturated carbocycles. The minimum Gasteiger partial charge on any atom is -0.463 e. The second-order valence-electron chi connectivity index (χ2n) is 25.7. The number of piperidine rings is 1. The van der Waals surface area contributed by atoms with Gasteiger partial charge in [-0.25, -0.2) is 10.7 Å². The molecule has 1 aromatic carbocycles. The molecule has 1 saturated heterocycles. The number of rotatable bonds is 65. The van der Waals surface area contributed by atoms with Crippen molar-refractivity contribution in [2.75, 3.05) is 205 Å². The number of aromatic amines is 1. The molecule has 36 heteroatoms. The fraction of sp³-hybridized carbons (Fsp3) is 0.732. The lowest BCUT2D eigenvalue weighted by Crippen LogP contribution is -2.59. The number of anilines is 1. The Morgan fingerprint density at radius 1 is 0.533 bits per heavy atom. The van der Waals surface area contributed by atoms with Crippen LogP contribution in [-0.4, -0.2) is 282 Å². The molecule has 606 valence electrons. The standard InChI is InChI=1S/C71H121N15O21/c1-5-6-34-106-69-82-66(72)65-67(83-69)86(70(95)81-65)49-56-16-14-55(15-17-56)48-85-31-19-54(20-32-85)18-27-79-68(94)57(80-64(93)50-107-73)11-7-8-25-74-58(87)12-9-13-59(88)78-30-41-100-43-45-102-47-46-101-44-42-99-35-24-63(92)84-71(52-104-37-22-61(90)76-28-39-97-3,53-105-38-23-62(91)77-29-40-98-4)51-103-36-21-60(89)75-26-10-33-96-2/h14-17,54,57H,5-13,18-53,73H2,1-4H3,(H,74,87)(H,75,89)(H,76,90)(H,77,91)(H,78,88)(H,79,94)(H,80,93)(H,81,95)(H,84,92)(H2,72,82,83)/t57-/m0/s1. The Bertz CT molecular complexity index is 3020. The Hall–Kier alpha value is -7.59.